The second-order valence-corrected chi connectivity index (χ2v) is 3.98. The van der Waals surface area contributed by atoms with E-state index in [1.54, 1.807) is 24.3 Å². The fourth-order valence-corrected chi connectivity index (χ4v) is 1.59. The Kier molecular flexibility index (Phi) is 3.12. The van der Waals surface area contributed by atoms with Crippen molar-refractivity contribution in [2.24, 2.45) is 0 Å². The van der Waals surface area contributed by atoms with Crippen molar-refractivity contribution in [3.63, 3.8) is 0 Å². The third-order valence-electron chi connectivity index (χ3n) is 2.60. The molecular formula is C12H11NO5. The number of imide groups is 1. The second-order valence-electron chi connectivity index (χ2n) is 3.98. The molecule has 0 saturated carbocycles. The molecule has 2 amide bonds. The molecule has 1 atom stereocenters. The van der Waals surface area contributed by atoms with Gasteiger partial charge < -0.3 is 9.84 Å². The number of amides is 2. The number of ether oxygens (including phenoxy) is 1. The Morgan fingerprint density at radius 2 is 2.00 bits per heavy atom. The highest BCUT2D eigenvalue weighted by atomic mass is 16.6. The maximum atomic E-state index is 11.6. The molecular weight excluding hydrogens is 238 g/mol. The summed E-state index contributed by atoms with van der Waals surface area (Å²) in [5, 5.41) is 11.6. The molecule has 94 valence electrons. The third-order valence-corrected chi connectivity index (χ3v) is 2.60. The van der Waals surface area contributed by atoms with Crippen molar-refractivity contribution in [3.8, 4) is 0 Å². The molecule has 1 saturated heterocycles. The molecule has 1 aromatic rings. The van der Waals surface area contributed by atoms with Gasteiger partial charge >= 0.3 is 5.97 Å². The van der Waals surface area contributed by atoms with Crippen LogP contribution in [0.4, 0.5) is 0 Å². The highest BCUT2D eigenvalue weighted by Crippen LogP contribution is 2.19. The minimum atomic E-state index is -2.40. The van der Waals surface area contributed by atoms with Crippen molar-refractivity contribution >= 4 is 17.8 Å². The Bertz CT molecular complexity index is 498. The predicted octanol–water partition coefficient (Wildman–Crippen LogP) is -0.493. The lowest BCUT2D eigenvalue weighted by Crippen LogP contribution is -2.46. The van der Waals surface area contributed by atoms with E-state index in [0.717, 1.165) is 5.56 Å². The van der Waals surface area contributed by atoms with E-state index in [-0.39, 0.29) is 6.61 Å². The lowest BCUT2D eigenvalue weighted by molar-refractivity contribution is -0.170. The molecule has 18 heavy (non-hydrogen) atoms. The first kappa shape index (κ1) is 12.3. The van der Waals surface area contributed by atoms with Crippen molar-refractivity contribution in [1.82, 2.24) is 5.32 Å². The highest BCUT2D eigenvalue weighted by Gasteiger charge is 2.53. The van der Waals surface area contributed by atoms with E-state index < -0.39 is 29.8 Å². The molecule has 1 heterocycles. The molecule has 0 bridgehead atoms. The normalized spacial score (nSPS) is 22.7. The van der Waals surface area contributed by atoms with Gasteiger partial charge in [-0.15, -0.1) is 0 Å². The third kappa shape index (κ3) is 2.23. The van der Waals surface area contributed by atoms with E-state index in [0.29, 0.717) is 0 Å². The number of carbonyl (C=O) groups is 3. The SMILES string of the molecule is O=C1CC(O)(C(=O)OCc2ccccc2)C(=O)N1. The number of nitrogens with one attached hydrogen (secondary N) is 1. The van der Waals surface area contributed by atoms with Gasteiger partial charge in [0.15, 0.2) is 0 Å². The molecule has 1 aliphatic rings. The van der Waals surface area contributed by atoms with Gasteiger partial charge in [0.2, 0.25) is 11.5 Å². The van der Waals surface area contributed by atoms with Crippen molar-refractivity contribution < 1.29 is 24.2 Å². The molecule has 1 fully saturated rings. The minimum absolute atomic E-state index is 0.0660. The summed E-state index contributed by atoms with van der Waals surface area (Å²) in [5.41, 5.74) is -1.68. The number of benzene rings is 1. The van der Waals surface area contributed by atoms with Gasteiger partial charge in [0, 0.05) is 0 Å². The molecule has 1 unspecified atom stereocenters. The first-order valence-corrected chi connectivity index (χ1v) is 5.30. The van der Waals surface area contributed by atoms with Gasteiger partial charge in [-0.3, -0.25) is 14.9 Å². The fourth-order valence-electron chi connectivity index (χ4n) is 1.59. The van der Waals surface area contributed by atoms with Crippen LogP contribution in [-0.4, -0.2) is 28.5 Å². The number of rotatable bonds is 3. The van der Waals surface area contributed by atoms with Crippen LogP contribution < -0.4 is 5.32 Å². The zero-order valence-electron chi connectivity index (χ0n) is 9.38. The Morgan fingerprint density at radius 1 is 1.33 bits per heavy atom. The smallest absolute Gasteiger partial charge is 0.349 e. The van der Waals surface area contributed by atoms with Crippen LogP contribution in [0.15, 0.2) is 30.3 Å². The first-order chi connectivity index (χ1) is 8.52. The second kappa shape index (κ2) is 4.58. The lowest BCUT2D eigenvalue weighted by Gasteiger charge is -2.16. The molecule has 2 rings (SSSR count). The van der Waals surface area contributed by atoms with E-state index in [4.69, 9.17) is 4.74 Å². The van der Waals surface area contributed by atoms with Crippen LogP contribution in [0.25, 0.3) is 0 Å². The Morgan fingerprint density at radius 3 is 2.56 bits per heavy atom. The molecule has 2 N–H and O–H groups in total. The Balaban J connectivity index is 2.00. The maximum absolute atomic E-state index is 11.6. The largest absolute Gasteiger partial charge is 0.458 e. The number of hydrogen-bond acceptors (Lipinski definition) is 5. The number of esters is 1. The van der Waals surface area contributed by atoms with E-state index in [1.165, 1.54) is 0 Å². The van der Waals surface area contributed by atoms with Gasteiger partial charge in [-0.1, -0.05) is 30.3 Å². The van der Waals surface area contributed by atoms with Crippen molar-refractivity contribution in [2.45, 2.75) is 18.6 Å². The number of carbonyl (C=O) groups excluding carboxylic acids is 3. The van der Waals surface area contributed by atoms with Crippen molar-refractivity contribution in [1.29, 1.82) is 0 Å². The van der Waals surface area contributed by atoms with Crippen LogP contribution in [0.2, 0.25) is 0 Å². The number of aliphatic hydroxyl groups is 1. The highest BCUT2D eigenvalue weighted by molar-refractivity contribution is 6.18. The predicted molar refractivity (Wildman–Crippen MR) is 59.0 cm³/mol. The minimum Gasteiger partial charge on any atom is -0.458 e. The van der Waals surface area contributed by atoms with Crippen LogP contribution in [0.3, 0.4) is 0 Å². The molecule has 1 aliphatic heterocycles. The van der Waals surface area contributed by atoms with E-state index in [1.807, 2.05) is 11.4 Å². The van der Waals surface area contributed by atoms with Gasteiger partial charge in [-0.25, -0.2) is 4.79 Å². The van der Waals surface area contributed by atoms with Crippen LogP contribution in [0, 0.1) is 0 Å². The van der Waals surface area contributed by atoms with Gasteiger partial charge in [0.1, 0.15) is 6.61 Å². The van der Waals surface area contributed by atoms with Crippen LogP contribution in [0.5, 0.6) is 0 Å². The van der Waals surface area contributed by atoms with Gasteiger partial charge in [-0.2, -0.15) is 0 Å². The first-order valence-electron chi connectivity index (χ1n) is 5.30. The van der Waals surface area contributed by atoms with Crippen LogP contribution in [0.1, 0.15) is 12.0 Å². The van der Waals surface area contributed by atoms with E-state index >= 15 is 0 Å². The molecule has 0 radical (unpaired) electrons. The van der Waals surface area contributed by atoms with Crippen LogP contribution >= 0.6 is 0 Å². The van der Waals surface area contributed by atoms with Crippen molar-refractivity contribution in [3.05, 3.63) is 35.9 Å². The summed E-state index contributed by atoms with van der Waals surface area (Å²) in [6, 6.07) is 8.81. The Hall–Kier alpha value is -2.21. The molecule has 0 aromatic heterocycles. The van der Waals surface area contributed by atoms with Crippen molar-refractivity contribution in [2.75, 3.05) is 0 Å². The van der Waals surface area contributed by atoms with E-state index in [2.05, 4.69) is 0 Å². The van der Waals surface area contributed by atoms with E-state index in [9.17, 15) is 19.5 Å². The summed E-state index contributed by atoms with van der Waals surface area (Å²) in [6.07, 6.45) is -0.598. The summed E-state index contributed by atoms with van der Waals surface area (Å²) in [7, 11) is 0. The summed E-state index contributed by atoms with van der Waals surface area (Å²) < 4.78 is 4.83. The quantitative estimate of drug-likeness (QED) is 0.428. The maximum Gasteiger partial charge on any atom is 0.349 e. The lowest BCUT2D eigenvalue weighted by atomic mass is 10.0. The summed E-state index contributed by atoms with van der Waals surface area (Å²) in [5.74, 6) is -2.85. The zero-order valence-corrected chi connectivity index (χ0v) is 9.38. The molecule has 0 spiro atoms. The van der Waals surface area contributed by atoms with Gasteiger partial charge in [-0.05, 0) is 5.56 Å². The van der Waals surface area contributed by atoms with Crippen LogP contribution in [-0.2, 0) is 25.7 Å². The molecule has 0 aliphatic carbocycles. The summed E-state index contributed by atoms with van der Waals surface area (Å²) in [6.45, 7) is -0.0660. The monoisotopic (exact) mass is 249 g/mol. The molecule has 6 heteroatoms. The standard InChI is InChI=1S/C12H11NO5/c14-9-6-12(17,10(15)13-9)11(16)18-7-8-4-2-1-3-5-8/h1-5,17H,6-7H2,(H,13,14,15). The Labute approximate surface area is 103 Å². The summed E-state index contributed by atoms with van der Waals surface area (Å²) in [4.78, 5) is 33.8. The van der Waals surface area contributed by atoms with Gasteiger partial charge in [0.25, 0.3) is 5.91 Å². The number of hydrogen-bond donors (Lipinski definition) is 2. The molecule has 1 aromatic carbocycles. The molecule has 6 nitrogen and oxygen atoms in total. The average Bonchev–Trinajstić information content (AvgIpc) is 2.62. The fraction of sp³-hybridized carbons (Fsp3) is 0.250. The topological polar surface area (TPSA) is 92.7 Å². The van der Waals surface area contributed by atoms with Gasteiger partial charge in [0.05, 0.1) is 6.42 Å². The average molecular weight is 249 g/mol. The zero-order chi connectivity index (χ0) is 13.2. The summed E-state index contributed by atoms with van der Waals surface area (Å²) >= 11 is 0.